The lowest BCUT2D eigenvalue weighted by Crippen LogP contribution is -2.33. The zero-order valence-electron chi connectivity index (χ0n) is 11.7. The van der Waals surface area contributed by atoms with Crippen LogP contribution in [0, 0.1) is 6.92 Å². The fourth-order valence-electron chi connectivity index (χ4n) is 1.72. The Bertz CT molecular complexity index is 582. The lowest BCUT2D eigenvalue weighted by molar-refractivity contribution is 0.0600. The van der Waals surface area contributed by atoms with Gasteiger partial charge >= 0.3 is 5.97 Å². The van der Waals surface area contributed by atoms with Crippen LogP contribution in [0.25, 0.3) is 0 Å². The van der Waals surface area contributed by atoms with Crippen LogP contribution in [0.2, 0.25) is 0 Å². The Morgan fingerprint density at radius 2 is 2.10 bits per heavy atom. The third-order valence-electron chi connectivity index (χ3n) is 2.82. The number of nitrogens with one attached hydrogen (secondary N) is 1. The molecule has 1 atom stereocenters. The lowest BCUT2D eigenvalue weighted by atomic mass is 10.1. The van der Waals surface area contributed by atoms with E-state index in [4.69, 9.17) is 5.11 Å². The van der Waals surface area contributed by atoms with Gasteiger partial charge < -0.3 is 9.84 Å². The number of carbonyl (C=O) groups excluding carboxylic acids is 1. The van der Waals surface area contributed by atoms with Crippen LogP contribution in [0.5, 0.6) is 0 Å². The summed E-state index contributed by atoms with van der Waals surface area (Å²) >= 11 is 0. The maximum Gasteiger partial charge on any atom is 0.337 e. The average molecular weight is 301 g/mol. The van der Waals surface area contributed by atoms with Crippen molar-refractivity contribution in [2.24, 2.45) is 0 Å². The molecule has 0 fully saturated rings. The Kier molecular flexibility index (Phi) is 5.67. The number of aliphatic hydroxyl groups is 1. The molecule has 0 saturated heterocycles. The van der Waals surface area contributed by atoms with Crippen molar-refractivity contribution in [3.63, 3.8) is 0 Å². The van der Waals surface area contributed by atoms with Crippen LogP contribution < -0.4 is 4.72 Å². The highest BCUT2D eigenvalue weighted by Crippen LogP contribution is 2.18. The molecule has 112 valence electrons. The van der Waals surface area contributed by atoms with Gasteiger partial charge in [-0.25, -0.2) is 17.9 Å². The molecular formula is C13H19NO5S. The maximum absolute atomic E-state index is 12.3. The molecule has 6 nitrogen and oxygen atoms in total. The second-order valence-electron chi connectivity index (χ2n) is 4.51. The average Bonchev–Trinajstić information content (AvgIpc) is 2.37. The molecule has 0 spiro atoms. The van der Waals surface area contributed by atoms with Gasteiger partial charge in [-0.3, -0.25) is 0 Å². The monoisotopic (exact) mass is 301 g/mol. The van der Waals surface area contributed by atoms with Crippen molar-refractivity contribution in [2.75, 3.05) is 13.7 Å². The van der Waals surface area contributed by atoms with Crippen molar-refractivity contribution in [1.29, 1.82) is 0 Å². The van der Waals surface area contributed by atoms with E-state index >= 15 is 0 Å². The lowest BCUT2D eigenvalue weighted by Gasteiger charge is -2.15. The molecule has 1 unspecified atom stereocenters. The van der Waals surface area contributed by atoms with Crippen LogP contribution in [-0.2, 0) is 14.8 Å². The molecule has 0 radical (unpaired) electrons. The number of esters is 1. The number of hydrogen-bond donors (Lipinski definition) is 2. The first-order chi connectivity index (χ1) is 9.31. The quantitative estimate of drug-likeness (QED) is 0.759. The highest BCUT2D eigenvalue weighted by Gasteiger charge is 2.21. The van der Waals surface area contributed by atoms with E-state index < -0.39 is 22.0 Å². The van der Waals surface area contributed by atoms with Gasteiger partial charge in [0.1, 0.15) is 0 Å². The minimum Gasteiger partial charge on any atom is -0.465 e. The van der Waals surface area contributed by atoms with Crippen LogP contribution in [0.4, 0.5) is 0 Å². The van der Waals surface area contributed by atoms with Gasteiger partial charge in [-0.05, 0) is 38.0 Å². The summed E-state index contributed by atoms with van der Waals surface area (Å²) in [6.45, 7) is 3.20. The number of benzene rings is 1. The SMILES string of the molecule is COC(=O)c1ccc(C)c(S(=O)(=O)NC(C)CCO)c1. The van der Waals surface area contributed by atoms with Crippen molar-refractivity contribution in [3.8, 4) is 0 Å². The fourth-order valence-corrected chi connectivity index (χ4v) is 3.26. The molecule has 1 aromatic carbocycles. The summed E-state index contributed by atoms with van der Waals surface area (Å²) in [4.78, 5) is 11.5. The Balaban J connectivity index is 3.14. The number of aliphatic hydroxyl groups excluding tert-OH is 1. The molecule has 20 heavy (non-hydrogen) atoms. The normalized spacial score (nSPS) is 13.0. The van der Waals surface area contributed by atoms with Crippen molar-refractivity contribution in [3.05, 3.63) is 29.3 Å². The van der Waals surface area contributed by atoms with E-state index in [1.54, 1.807) is 19.9 Å². The largest absolute Gasteiger partial charge is 0.465 e. The molecule has 1 aromatic rings. The van der Waals surface area contributed by atoms with E-state index in [9.17, 15) is 13.2 Å². The molecule has 0 aliphatic heterocycles. The zero-order valence-corrected chi connectivity index (χ0v) is 12.5. The number of aryl methyl sites for hydroxylation is 1. The van der Waals surface area contributed by atoms with E-state index in [2.05, 4.69) is 9.46 Å². The van der Waals surface area contributed by atoms with Crippen LogP contribution in [0.15, 0.2) is 23.1 Å². The summed E-state index contributed by atoms with van der Waals surface area (Å²) < 4.78 is 31.5. The minimum absolute atomic E-state index is 0.0326. The second kappa shape index (κ2) is 6.83. The number of ether oxygens (including phenoxy) is 1. The number of methoxy groups -OCH3 is 1. The second-order valence-corrected chi connectivity index (χ2v) is 6.19. The number of carbonyl (C=O) groups is 1. The molecule has 1 rings (SSSR count). The Morgan fingerprint density at radius 3 is 2.65 bits per heavy atom. The summed E-state index contributed by atoms with van der Waals surface area (Å²) in [6, 6.07) is 3.95. The standard InChI is InChI=1S/C13H19NO5S/c1-9-4-5-11(13(16)19-3)8-12(9)20(17,18)14-10(2)6-7-15/h4-5,8,10,14-15H,6-7H2,1-3H3. The molecule has 2 N–H and O–H groups in total. The van der Waals surface area contributed by atoms with E-state index in [-0.39, 0.29) is 17.1 Å². The Morgan fingerprint density at radius 1 is 1.45 bits per heavy atom. The van der Waals surface area contributed by atoms with Crippen molar-refractivity contribution >= 4 is 16.0 Å². The molecule has 7 heteroatoms. The minimum atomic E-state index is -3.75. The van der Waals surface area contributed by atoms with Crippen molar-refractivity contribution < 1.29 is 23.1 Å². The molecule has 0 aromatic heterocycles. The van der Waals surface area contributed by atoms with Gasteiger partial charge in [-0.15, -0.1) is 0 Å². The van der Waals surface area contributed by atoms with Crippen LogP contribution in [-0.4, -0.2) is 39.3 Å². The molecule has 0 bridgehead atoms. The van der Waals surface area contributed by atoms with Crippen LogP contribution >= 0.6 is 0 Å². The van der Waals surface area contributed by atoms with E-state index in [1.807, 2.05) is 0 Å². The molecular weight excluding hydrogens is 282 g/mol. The van der Waals surface area contributed by atoms with E-state index in [1.165, 1.54) is 19.2 Å². The van der Waals surface area contributed by atoms with E-state index in [0.29, 0.717) is 12.0 Å². The van der Waals surface area contributed by atoms with Gasteiger partial charge in [-0.1, -0.05) is 6.07 Å². The predicted molar refractivity (Wildman–Crippen MR) is 74.0 cm³/mol. The van der Waals surface area contributed by atoms with Gasteiger partial charge in [0.05, 0.1) is 17.6 Å². The van der Waals surface area contributed by atoms with E-state index in [0.717, 1.165) is 0 Å². The molecule has 0 amide bonds. The smallest absolute Gasteiger partial charge is 0.337 e. The van der Waals surface area contributed by atoms with Gasteiger partial charge in [0.15, 0.2) is 0 Å². The number of hydrogen-bond acceptors (Lipinski definition) is 5. The van der Waals surface area contributed by atoms with Crippen molar-refractivity contribution in [1.82, 2.24) is 4.72 Å². The van der Waals surface area contributed by atoms with Crippen LogP contribution in [0.1, 0.15) is 29.3 Å². The fraction of sp³-hybridized carbons (Fsp3) is 0.462. The van der Waals surface area contributed by atoms with Gasteiger partial charge in [0.2, 0.25) is 10.0 Å². The summed E-state index contributed by atoms with van der Waals surface area (Å²) in [5.74, 6) is -0.593. The van der Waals surface area contributed by atoms with Crippen molar-refractivity contribution in [2.45, 2.75) is 31.2 Å². The summed E-state index contributed by atoms with van der Waals surface area (Å²) in [7, 11) is -2.51. The molecule has 0 aliphatic rings. The zero-order chi connectivity index (χ0) is 15.3. The summed E-state index contributed by atoms with van der Waals surface area (Å²) in [5.41, 5.74) is 0.703. The van der Waals surface area contributed by atoms with Gasteiger partial charge in [-0.2, -0.15) is 0 Å². The highest BCUT2D eigenvalue weighted by atomic mass is 32.2. The van der Waals surface area contributed by atoms with Crippen LogP contribution in [0.3, 0.4) is 0 Å². The third kappa shape index (κ3) is 4.03. The highest BCUT2D eigenvalue weighted by molar-refractivity contribution is 7.89. The van der Waals surface area contributed by atoms with Gasteiger partial charge in [0, 0.05) is 12.6 Å². The molecule has 0 aliphatic carbocycles. The number of rotatable bonds is 6. The number of sulfonamides is 1. The summed E-state index contributed by atoms with van der Waals surface area (Å²) in [6.07, 6.45) is 0.314. The topological polar surface area (TPSA) is 92.7 Å². The first-order valence-corrected chi connectivity index (χ1v) is 7.62. The third-order valence-corrected chi connectivity index (χ3v) is 4.55. The molecule has 0 saturated carbocycles. The Labute approximate surface area is 118 Å². The first-order valence-electron chi connectivity index (χ1n) is 6.14. The Hall–Kier alpha value is -1.44. The van der Waals surface area contributed by atoms with Gasteiger partial charge in [0.25, 0.3) is 0 Å². The maximum atomic E-state index is 12.3. The predicted octanol–water partition coefficient (Wildman–Crippen LogP) is 0.831. The molecule has 0 heterocycles. The first kappa shape index (κ1) is 16.6. The summed E-state index contributed by atoms with van der Waals surface area (Å²) in [5, 5.41) is 8.81.